The molecule has 0 spiro atoms. The lowest BCUT2D eigenvalue weighted by atomic mass is 10.1. The van der Waals surface area contributed by atoms with E-state index in [1.54, 1.807) is 30.3 Å². The van der Waals surface area contributed by atoms with Crippen LogP contribution in [0.4, 0.5) is 0 Å². The number of rotatable bonds is 4. The van der Waals surface area contributed by atoms with Gasteiger partial charge in [-0.3, -0.25) is 24.4 Å². The highest BCUT2D eigenvalue weighted by atomic mass is 16.2. The summed E-state index contributed by atoms with van der Waals surface area (Å²) in [5, 5.41) is 2.55. The van der Waals surface area contributed by atoms with E-state index < -0.39 is 29.1 Å². The number of nitrogens with one attached hydrogen (secondary N) is 3. The molecule has 2 amide bonds. The number of aromatic amines is 2. The summed E-state index contributed by atoms with van der Waals surface area (Å²) in [4.78, 5) is 55.4. The van der Waals surface area contributed by atoms with Crippen molar-refractivity contribution in [1.82, 2.24) is 20.3 Å². The smallest absolute Gasteiger partial charge is 0.327 e. The van der Waals surface area contributed by atoms with Gasteiger partial charge in [0.1, 0.15) is 11.7 Å². The molecule has 2 aromatic heterocycles. The second-order valence-electron chi connectivity index (χ2n) is 5.25. The molecule has 0 saturated carbocycles. The zero-order chi connectivity index (χ0) is 18.0. The Morgan fingerprint density at radius 3 is 2.52 bits per heavy atom. The van der Waals surface area contributed by atoms with Gasteiger partial charge in [0.05, 0.1) is 10.9 Å². The van der Waals surface area contributed by atoms with Crippen LogP contribution in [0.5, 0.6) is 0 Å². The van der Waals surface area contributed by atoms with Gasteiger partial charge in [0.25, 0.3) is 11.5 Å². The van der Waals surface area contributed by atoms with E-state index in [-0.39, 0.29) is 16.6 Å². The summed E-state index contributed by atoms with van der Waals surface area (Å²) in [6.45, 7) is 0. The number of nitrogens with two attached hydrogens (primary N) is 1. The summed E-state index contributed by atoms with van der Waals surface area (Å²) in [6.07, 6.45) is 1.19. The zero-order valence-electron chi connectivity index (χ0n) is 12.8. The molecular weight excluding hydrogens is 326 g/mol. The summed E-state index contributed by atoms with van der Waals surface area (Å²) in [5.74, 6) is -1.36. The predicted octanol–water partition coefficient (Wildman–Crippen LogP) is -0.432. The highest BCUT2D eigenvalue weighted by Gasteiger charge is 2.21. The normalized spacial score (nSPS) is 11.8. The van der Waals surface area contributed by atoms with Crippen molar-refractivity contribution in [2.24, 2.45) is 5.73 Å². The number of H-pyrrole nitrogens is 2. The molecule has 126 valence electrons. The lowest BCUT2D eigenvalue weighted by Crippen LogP contribution is -2.37. The molecule has 0 radical (unpaired) electrons. The Morgan fingerprint density at radius 1 is 1.12 bits per heavy atom. The number of pyridine rings is 1. The fraction of sp³-hybridized carbons (Fsp3) is 0.0625. The van der Waals surface area contributed by atoms with Crippen LogP contribution >= 0.6 is 0 Å². The van der Waals surface area contributed by atoms with Gasteiger partial charge in [0.15, 0.2) is 0 Å². The molecule has 0 unspecified atom stereocenters. The van der Waals surface area contributed by atoms with E-state index in [1.807, 2.05) is 0 Å². The summed E-state index contributed by atoms with van der Waals surface area (Å²) >= 11 is 0. The first-order chi connectivity index (χ1) is 12.0. The molecule has 0 bridgehead atoms. The molecule has 25 heavy (non-hydrogen) atoms. The Kier molecular flexibility index (Phi) is 4.12. The van der Waals surface area contributed by atoms with Crippen molar-refractivity contribution in [1.29, 1.82) is 0 Å². The van der Waals surface area contributed by atoms with Gasteiger partial charge in [0, 0.05) is 6.20 Å². The van der Waals surface area contributed by atoms with Crippen LogP contribution in [-0.2, 0) is 4.79 Å². The van der Waals surface area contributed by atoms with Crippen LogP contribution in [0, 0.1) is 0 Å². The second-order valence-corrected chi connectivity index (χ2v) is 5.25. The Morgan fingerprint density at radius 2 is 1.84 bits per heavy atom. The van der Waals surface area contributed by atoms with Gasteiger partial charge in [-0.1, -0.05) is 30.3 Å². The maximum atomic E-state index is 12.4. The number of amides is 2. The number of primary amides is 1. The molecular formula is C16H13N5O4. The number of benzene rings is 1. The molecule has 9 heteroatoms. The Labute approximate surface area is 139 Å². The minimum Gasteiger partial charge on any atom is -0.368 e. The lowest BCUT2D eigenvalue weighted by Gasteiger charge is -2.15. The van der Waals surface area contributed by atoms with Crippen molar-refractivity contribution in [3.63, 3.8) is 0 Å². The summed E-state index contributed by atoms with van der Waals surface area (Å²) in [7, 11) is 0. The minimum absolute atomic E-state index is 0.0441. The molecule has 0 aliphatic heterocycles. The van der Waals surface area contributed by atoms with Gasteiger partial charge in [-0.05, 0) is 11.6 Å². The van der Waals surface area contributed by atoms with E-state index in [4.69, 9.17) is 5.73 Å². The largest absolute Gasteiger partial charge is 0.368 e. The van der Waals surface area contributed by atoms with Gasteiger partial charge in [0.2, 0.25) is 5.91 Å². The summed E-state index contributed by atoms with van der Waals surface area (Å²) in [6, 6.07) is 8.75. The van der Waals surface area contributed by atoms with E-state index in [1.165, 1.54) is 12.3 Å². The molecule has 0 saturated heterocycles. The zero-order valence-corrected chi connectivity index (χ0v) is 12.8. The first-order valence-electron chi connectivity index (χ1n) is 7.23. The maximum absolute atomic E-state index is 12.4. The van der Waals surface area contributed by atoms with Crippen molar-refractivity contribution in [2.45, 2.75) is 6.04 Å². The Balaban J connectivity index is 1.95. The van der Waals surface area contributed by atoms with Crippen molar-refractivity contribution < 1.29 is 9.59 Å². The highest BCUT2D eigenvalue weighted by molar-refractivity contribution is 5.99. The van der Waals surface area contributed by atoms with Gasteiger partial charge in [-0.25, -0.2) is 9.78 Å². The number of hydrogen-bond donors (Lipinski definition) is 4. The maximum Gasteiger partial charge on any atom is 0.327 e. The van der Waals surface area contributed by atoms with Crippen LogP contribution in [0.25, 0.3) is 11.0 Å². The molecule has 1 aromatic carbocycles. The fourth-order valence-corrected chi connectivity index (χ4v) is 2.35. The fourth-order valence-electron chi connectivity index (χ4n) is 2.35. The third-order valence-electron chi connectivity index (χ3n) is 3.55. The average Bonchev–Trinajstić information content (AvgIpc) is 2.59. The van der Waals surface area contributed by atoms with Crippen LogP contribution < -0.4 is 22.3 Å². The third-order valence-corrected chi connectivity index (χ3v) is 3.55. The minimum atomic E-state index is -1.03. The van der Waals surface area contributed by atoms with Gasteiger partial charge in [-0.2, -0.15) is 0 Å². The van der Waals surface area contributed by atoms with Crippen molar-refractivity contribution >= 4 is 22.8 Å². The van der Waals surface area contributed by atoms with Crippen LogP contribution in [0.2, 0.25) is 0 Å². The number of hydrogen-bond acceptors (Lipinski definition) is 5. The first-order valence-corrected chi connectivity index (χ1v) is 7.23. The van der Waals surface area contributed by atoms with Crippen molar-refractivity contribution in [3.05, 3.63) is 74.6 Å². The number of fused-ring (bicyclic) bond motifs is 1. The van der Waals surface area contributed by atoms with Crippen molar-refractivity contribution in [3.8, 4) is 0 Å². The van der Waals surface area contributed by atoms with Gasteiger partial charge >= 0.3 is 5.69 Å². The van der Waals surface area contributed by atoms with Crippen LogP contribution in [0.3, 0.4) is 0 Å². The number of carbonyl (C=O) groups is 2. The lowest BCUT2D eigenvalue weighted by molar-refractivity contribution is -0.120. The summed E-state index contributed by atoms with van der Waals surface area (Å²) < 4.78 is 0. The topological polar surface area (TPSA) is 151 Å². The molecule has 3 rings (SSSR count). The van der Waals surface area contributed by atoms with Crippen LogP contribution in [-0.4, -0.2) is 26.8 Å². The standard InChI is InChI=1S/C16H13N5O4/c17-12(22)11(8-4-2-1-3-5-8)19-14(23)9-6-10-13(18-7-9)20-16(25)21-15(10)24/h1-7,11H,(H2,17,22)(H,19,23)(H2,18,20,21,24,25)/t11-/m1/s1. The predicted molar refractivity (Wildman–Crippen MR) is 88.8 cm³/mol. The van der Waals surface area contributed by atoms with Gasteiger partial charge < -0.3 is 11.1 Å². The van der Waals surface area contributed by atoms with E-state index in [0.29, 0.717) is 5.56 Å². The Bertz CT molecular complexity index is 1070. The van der Waals surface area contributed by atoms with Crippen LogP contribution in [0.1, 0.15) is 22.0 Å². The molecule has 9 nitrogen and oxygen atoms in total. The molecule has 2 heterocycles. The Hall–Kier alpha value is -3.75. The van der Waals surface area contributed by atoms with E-state index in [2.05, 4.69) is 20.3 Å². The van der Waals surface area contributed by atoms with Crippen LogP contribution in [0.15, 0.2) is 52.2 Å². The quantitative estimate of drug-likeness (QED) is 0.508. The monoisotopic (exact) mass is 339 g/mol. The summed E-state index contributed by atoms with van der Waals surface area (Å²) in [5.41, 5.74) is 4.63. The van der Waals surface area contributed by atoms with Gasteiger partial charge in [-0.15, -0.1) is 0 Å². The number of aromatic nitrogens is 3. The van der Waals surface area contributed by atoms with E-state index in [9.17, 15) is 19.2 Å². The molecule has 1 atom stereocenters. The highest BCUT2D eigenvalue weighted by Crippen LogP contribution is 2.13. The van der Waals surface area contributed by atoms with Crippen molar-refractivity contribution in [2.75, 3.05) is 0 Å². The van der Waals surface area contributed by atoms with E-state index in [0.717, 1.165) is 0 Å². The average molecular weight is 339 g/mol. The molecule has 3 aromatic rings. The van der Waals surface area contributed by atoms with E-state index >= 15 is 0 Å². The second kappa shape index (κ2) is 6.40. The first kappa shape index (κ1) is 16.1. The number of carbonyl (C=O) groups excluding carboxylic acids is 2. The molecule has 0 aliphatic rings. The molecule has 0 aliphatic carbocycles. The molecule has 0 fully saturated rings. The SMILES string of the molecule is NC(=O)[C@H](NC(=O)c1cnc2[nH]c(=O)[nH]c(=O)c2c1)c1ccccc1. The third kappa shape index (κ3) is 3.29. The molecule has 5 N–H and O–H groups in total. The number of nitrogens with zero attached hydrogens (tertiary/aromatic N) is 1.